The molecule has 0 aliphatic rings. The van der Waals surface area contributed by atoms with Crippen LogP contribution in [0.5, 0.6) is 0 Å². The summed E-state index contributed by atoms with van der Waals surface area (Å²) in [5.41, 5.74) is 1.84. The standard InChI is InChI=1S/C30H36BrN3O4S/c1-23(2)32-30(36)28(21-24-11-6-4-7-12-24)34(22-25-16-18-26(31)19-17-25)29(35)15-10-20-33(3)39(37,38)27-13-8-5-9-14-27/h4-9,11-14,16-19,23,28H,10,15,20-22H2,1-3H3,(H,32,36). The van der Waals surface area contributed by atoms with Crippen molar-refractivity contribution in [1.82, 2.24) is 14.5 Å². The summed E-state index contributed by atoms with van der Waals surface area (Å²) < 4.78 is 28.0. The van der Waals surface area contributed by atoms with Crippen molar-refractivity contribution in [2.24, 2.45) is 0 Å². The summed E-state index contributed by atoms with van der Waals surface area (Å²) in [7, 11) is -2.14. The van der Waals surface area contributed by atoms with Crippen molar-refractivity contribution in [2.45, 2.75) is 56.6 Å². The first kappa shape index (κ1) is 30.5. The van der Waals surface area contributed by atoms with Gasteiger partial charge >= 0.3 is 0 Å². The molecular weight excluding hydrogens is 578 g/mol. The molecule has 0 aromatic heterocycles. The average molecular weight is 615 g/mol. The number of amides is 2. The number of hydrogen-bond acceptors (Lipinski definition) is 4. The van der Waals surface area contributed by atoms with Crippen LogP contribution in [-0.4, -0.2) is 55.1 Å². The predicted octanol–water partition coefficient (Wildman–Crippen LogP) is 5.01. The summed E-state index contributed by atoms with van der Waals surface area (Å²) in [4.78, 5) is 29.0. The van der Waals surface area contributed by atoms with Crippen LogP contribution in [0.1, 0.15) is 37.8 Å². The van der Waals surface area contributed by atoms with Crippen LogP contribution in [0.15, 0.2) is 94.3 Å². The van der Waals surface area contributed by atoms with Crippen molar-refractivity contribution >= 4 is 37.8 Å². The average Bonchev–Trinajstić information content (AvgIpc) is 2.92. The number of rotatable bonds is 13. The molecule has 208 valence electrons. The van der Waals surface area contributed by atoms with Gasteiger partial charge in [-0.25, -0.2) is 12.7 Å². The van der Waals surface area contributed by atoms with Crippen molar-refractivity contribution in [3.8, 4) is 0 Å². The Morgan fingerprint density at radius 2 is 1.46 bits per heavy atom. The van der Waals surface area contributed by atoms with E-state index in [1.165, 1.54) is 11.4 Å². The summed E-state index contributed by atoms with van der Waals surface area (Å²) in [6.45, 7) is 4.21. The van der Waals surface area contributed by atoms with Gasteiger partial charge in [0.25, 0.3) is 0 Å². The molecule has 1 atom stereocenters. The lowest BCUT2D eigenvalue weighted by molar-refractivity contribution is -0.141. The number of sulfonamides is 1. The third-order valence-electron chi connectivity index (χ3n) is 6.28. The van der Waals surface area contributed by atoms with Gasteiger partial charge in [0.2, 0.25) is 21.8 Å². The highest BCUT2D eigenvalue weighted by atomic mass is 79.9. The molecule has 39 heavy (non-hydrogen) atoms. The van der Waals surface area contributed by atoms with E-state index in [2.05, 4.69) is 21.2 Å². The second-order valence-electron chi connectivity index (χ2n) is 9.76. The molecule has 1 N–H and O–H groups in total. The molecule has 0 aliphatic carbocycles. The minimum Gasteiger partial charge on any atom is -0.352 e. The Balaban J connectivity index is 1.81. The van der Waals surface area contributed by atoms with Gasteiger partial charge in [-0.1, -0.05) is 76.6 Å². The lowest BCUT2D eigenvalue weighted by Gasteiger charge is -2.32. The van der Waals surface area contributed by atoms with E-state index in [0.29, 0.717) is 12.8 Å². The first-order valence-electron chi connectivity index (χ1n) is 13.0. The number of halogens is 1. The Morgan fingerprint density at radius 1 is 0.872 bits per heavy atom. The van der Waals surface area contributed by atoms with E-state index in [1.807, 2.05) is 68.4 Å². The Kier molecular flexibility index (Phi) is 11.3. The molecule has 9 heteroatoms. The quantitative estimate of drug-likeness (QED) is 0.293. The van der Waals surface area contributed by atoms with Crippen LogP contribution in [0, 0.1) is 0 Å². The van der Waals surface area contributed by atoms with Gasteiger partial charge in [-0.2, -0.15) is 0 Å². The third kappa shape index (κ3) is 9.02. The van der Waals surface area contributed by atoms with E-state index in [0.717, 1.165) is 15.6 Å². The van der Waals surface area contributed by atoms with E-state index in [-0.39, 0.29) is 42.3 Å². The molecule has 1 unspecified atom stereocenters. The molecule has 7 nitrogen and oxygen atoms in total. The minimum atomic E-state index is -3.65. The molecule has 0 saturated heterocycles. The van der Waals surface area contributed by atoms with Crippen LogP contribution < -0.4 is 5.32 Å². The summed E-state index contributed by atoms with van der Waals surface area (Å²) in [6.07, 6.45) is 0.789. The number of carbonyl (C=O) groups excluding carboxylic acids is 2. The summed E-state index contributed by atoms with van der Waals surface area (Å²) in [6, 6.07) is 24.7. The topological polar surface area (TPSA) is 86.8 Å². The molecule has 0 spiro atoms. The van der Waals surface area contributed by atoms with E-state index in [1.54, 1.807) is 35.2 Å². The van der Waals surface area contributed by atoms with Crippen molar-refractivity contribution < 1.29 is 18.0 Å². The number of nitrogens with one attached hydrogen (secondary N) is 1. The second kappa shape index (κ2) is 14.4. The molecule has 3 rings (SSSR count). The molecule has 0 aliphatic heterocycles. The molecular formula is C30H36BrN3O4S. The van der Waals surface area contributed by atoms with Crippen molar-refractivity contribution in [2.75, 3.05) is 13.6 Å². The SMILES string of the molecule is CC(C)NC(=O)C(Cc1ccccc1)N(Cc1ccc(Br)cc1)C(=O)CCCN(C)S(=O)(=O)c1ccccc1. The van der Waals surface area contributed by atoms with Gasteiger partial charge in [0.1, 0.15) is 6.04 Å². The van der Waals surface area contributed by atoms with Gasteiger partial charge in [0.15, 0.2) is 0 Å². The largest absolute Gasteiger partial charge is 0.352 e. The maximum atomic E-state index is 13.7. The Morgan fingerprint density at radius 3 is 2.05 bits per heavy atom. The summed E-state index contributed by atoms with van der Waals surface area (Å²) >= 11 is 3.45. The second-order valence-corrected chi connectivity index (χ2v) is 12.7. The zero-order chi connectivity index (χ0) is 28.4. The highest BCUT2D eigenvalue weighted by molar-refractivity contribution is 9.10. The Bertz CT molecular complexity index is 1320. The Labute approximate surface area is 240 Å². The molecule has 0 saturated carbocycles. The van der Waals surface area contributed by atoms with Crippen LogP contribution in [0.4, 0.5) is 0 Å². The Hall–Kier alpha value is -3.01. The van der Waals surface area contributed by atoms with Crippen molar-refractivity contribution in [3.63, 3.8) is 0 Å². The summed E-state index contributed by atoms with van der Waals surface area (Å²) in [5.74, 6) is -0.425. The van der Waals surface area contributed by atoms with Crippen LogP contribution in [0.2, 0.25) is 0 Å². The van der Waals surface area contributed by atoms with Gasteiger partial charge in [-0.15, -0.1) is 0 Å². The third-order valence-corrected chi connectivity index (χ3v) is 8.68. The maximum Gasteiger partial charge on any atom is 0.243 e. The monoisotopic (exact) mass is 613 g/mol. The predicted molar refractivity (Wildman–Crippen MR) is 157 cm³/mol. The fourth-order valence-electron chi connectivity index (χ4n) is 4.21. The van der Waals surface area contributed by atoms with Crippen molar-refractivity contribution in [1.29, 1.82) is 0 Å². The number of benzene rings is 3. The van der Waals surface area contributed by atoms with Crippen LogP contribution in [0.3, 0.4) is 0 Å². The van der Waals surface area contributed by atoms with Gasteiger partial charge in [-0.3, -0.25) is 9.59 Å². The lowest BCUT2D eigenvalue weighted by atomic mass is 10.0. The van der Waals surface area contributed by atoms with Crippen LogP contribution in [0.25, 0.3) is 0 Å². The van der Waals surface area contributed by atoms with Gasteiger partial charge in [0.05, 0.1) is 4.90 Å². The number of carbonyl (C=O) groups is 2. The normalized spacial score (nSPS) is 12.4. The molecule has 0 heterocycles. The maximum absolute atomic E-state index is 13.7. The summed E-state index contributed by atoms with van der Waals surface area (Å²) in [5, 5.41) is 2.98. The van der Waals surface area contributed by atoms with Gasteiger partial charge in [0, 0.05) is 43.5 Å². The first-order chi connectivity index (χ1) is 18.6. The minimum absolute atomic E-state index is 0.0859. The fourth-order valence-corrected chi connectivity index (χ4v) is 5.71. The zero-order valence-electron chi connectivity index (χ0n) is 22.6. The molecule has 3 aromatic rings. The van der Waals surface area contributed by atoms with E-state index in [9.17, 15) is 18.0 Å². The molecule has 0 fully saturated rings. The van der Waals surface area contributed by atoms with E-state index < -0.39 is 16.1 Å². The number of hydrogen-bond donors (Lipinski definition) is 1. The highest BCUT2D eigenvalue weighted by Crippen LogP contribution is 2.19. The van der Waals surface area contributed by atoms with Gasteiger partial charge < -0.3 is 10.2 Å². The highest BCUT2D eigenvalue weighted by Gasteiger charge is 2.31. The smallest absolute Gasteiger partial charge is 0.243 e. The molecule has 0 radical (unpaired) electrons. The molecule has 0 bridgehead atoms. The lowest BCUT2D eigenvalue weighted by Crippen LogP contribution is -2.51. The molecule has 3 aromatic carbocycles. The van der Waals surface area contributed by atoms with Crippen molar-refractivity contribution in [3.05, 3.63) is 101 Å². The van der Waals surface area contributed by atoms with E-state index >= 15 is 0 Å². The molecule has 2 amide bonds. The van der Waals surface area contributed by atoms with Crippen LogP contribution in [-0.2, 0) is 32.6 Å². The fraction of sp³-hybridized carbons (Fsp3) is 0.333. The zero-order valence-corrected chi connectivity index (χ0v) is 25.0. The van der Waals surface area contributed by atoms with E-state index in [4.69, 9.17) is 0 Å². The number of nitrogens with zero attached hydrogens (tertiary/aromatic N) is 2. The first-order valence-corrected chi connectivity index (χ1v) is 15.2. The van der Waals surface area contributed by atoms with Crippen LogP contribution >= 0.6 is 15.9 Å². The van der Waals surface area contributed by atoms with Gasteiger partial charge in [-0.05, 0) is 55.7 Å².